The van der Waals surface area contributed by atoms with Crippen molar-refractivity contribution >= 4 is 11.6 Å². The fourth-order valence-electron chi connectivity index (χ4n) is 2.22. The zero-order valence-corrected chi connectivity index (χ0v) is 14.3. The summed E-state index contributed by atoms with van der Waals surface area (Å²) in [6, 6.07) is 6.09. The lowest BCUT2D eigenvalue weighted by molar-refractivity contribution is -0.118. The first-order valence-corrected chi connectivity index (χ1v) is 8.30. The molecule has 124 valence electrons. The minimum atomic E-state index is -0.0587. The molecule has 0 radical (unpaired) electrons. The monoisotopic (exact) mass is 306 g/mol. The van der Waals surface area contributed by atoms with E-state index in [0.29, 0.717) is 6.61 Å². The molecular formula is C18H30N2O2. The summed E-state index contributed by atoms with van der Waals surface area (Å²) in [4.78, 5) is 11.9. The van der Waals surface area contributed by atoms with E-state index in [1.807, 2.05) is 39.0 Å². The molecule has 1 aromatic carbocycles. The minimum Gasteiger partial charge on any atom is -0.492 e. The van der Waals surface area contributed by atoms with Crippen molar-refractivity contribution in [2.24, 2.45) is 11.7 Å². The van der Waals surface area contributed by atoms with Crippen molar-refractivity contribution in [2.75, 3.05) is 11.9 Å². The SMILES string of the molecule is CCCCC(N)Cc1ccc(NC(=O)C(C)C)c(OCC)c1. The number of hydrogen-bond donors (Lipinski definition) is 2. The third kappa shape index (κ3) is 6.06. The minimum absolute atomic E-state index is 0.00616. The molecule has 0 aromatic heterocycles. The van der Waals surface area contributed by atoms with Gasteiger partial charge in [-0.05, 0) is 37.5 Å². The van der Waals surface area contributed by atoms with Crippen molar-refractivity contribution in [3.05, 3.63) is 23.8 Å². The molecule has 1 rings (SSSR count). The number of hydrogen-bond acceptors (Lipinski definition) is 3. The van der Waals surface area contributed by atoms with Crippen molar-refractivity contribution in [1.82, 2.24) is 0 Å². The zero-order valence-electron chi connectivity index (χ0n) is 14.3. The molecule has 1 atom stereocenters. The number of nitrogens with one attached hydrogen (secondary N) is 1. The second-order valence-electron chi connectivity index (χ2n) is 6.01. The number of anilines is 1. The van der Waals surface area contributed by atoms with E-state index >= 15 is 0 Å². The van der Waals surface area contributed by atoms with E-state index in [0.717, 1.165) is 42.7 Å². The highest BCUT2D eigenvalue weighted by Gasteiger charge is 2.12. The maximum Gasteiger partial charge on any atom is 0.227 e. The standard InChI is InChI=1S/C18H30N2O2/c1-5-7-8-15(19)11-14-9-10-16(17(12-14)22-6-2)20-18(21)13(3)4/h9-10,12-13,15H,5-8,11,19H2,1-4H3,(H,20,21). The Morgan fingerprint density at radius 1 is 1.32 bits per heavy atom. The van der Waals surface area contributed by atoms with Gasteiger partial charge in [-0.2, -0.15) is 0 Å². The molecule has 0 heterocycles. The van der Waals surface area contributed by atoms with E-state index in [9.17, 15) is 4.79 Å². The molecule has 0 saturated carbocycles. The van der Waals surface area contributed by atoms with Crippen LogP contribution in [-0.2, 0) is 11.2 Å². The summed E-state index contributed by atoms with van der Waals surface area (Å²) in [7, 11) is 0. The Bertz CT molecular complexity index is 472. The summed E-state index contributed by atoms with van der Waals surface area (Å²) < 4.78 is 5.67. The van der Waals surface area contributed by atoms with Crippen molar-refractivity contribution in [1.29, 1.82) is 0 Å². The fraction of sp³-hybridized carbons (Fsp3) is 0.611. The highest BCUT2D eigenvalue weighted by atomic mass is 16.5. The zero-order chi connectivity index (χ0) is 16.5. The van der Waals surface area contributed by atoms with Gasteiger partial charge in [-0.15, -0.1) is 0 Å². The third-order valence-electron chi connectivity index (χ3n) is 3.55. The van der Waals surface area contributed by atoms with Gasteiger partial charge in [0.15, 0.2) is 0 Å². The first-order valence-electron chi connectivity index (χ1n) is 8.30. The average Bonchev–Trinajstić information content (AvgIpc) is 2.47. The van der Waals surface area contributed by atoms with Crippen LogP contribution in [0, 0.1) is 5.92 Å². The number of rotatable bonds is 9. The summed E-state index contributed by atoms with van der Waals surface area (Å²) in [5.41, 5.74) is 8.04. The molecule has 0 aliphatic carbocycles. The van der Waals surface area contributed by atoms with E-state index in [1.165, 1.54) is 0 Å². The normalized spacial score (nSPS) is 12.3. The largest absolute Gasteiger partial charge is 0.492 e. The molecule has 3 N–H and O–H groups in total. The second kappa shape index (κ2) is 9.46. The summed E-state index contributed by atoms with van der Waals surface area (Å²) in [5, 5.41) is 2.91. The van der Waals surface area contributed by atoms with Crippen LogP contribution in [0.3, 0.4) is 0 Å². The van der Waals surface area contributed by atoms with Crippen LogP contribution in [0.2, 0.25) is 0 Å². The van der Waals surface area contributed by atoms with Gasteiger partial charge in [0.2, 0.25) is 5.91 Å². The van der Waals surface area contributed by atoms with Gasteiger partial charge in [0.25, 0.3) is 0 Å². The Morgan fingerprint density at radius 2 is 2.05 bits per heavy atom. The lowest BCUT2D eigenvalue weighted by Crippen LogP contribution is -2.22. The lowest BCUT2D eigenvalue weighted by atomic mass is 10.0. The van der Waals surface area contributed by atoms with Crippen molar-refractivity contribution in [3.8, 4) is 5.75 Å². The average molecular weight is 306 g/mol. The molecule has 0 saturated heterocycles. The quantitative estimate of drug-likeness (QED) is 0.730. The predicted octanol–water partition coefficient (Wildman–Crippen LogP) is 3.74. The van der Waals surface area contributed by atoms with Gasteiger partial charge in [-0.25, -0.2) is 0 Å². The second-order valence-corrected chi connectivity index (χ2v) is 6.01. The first-order chi connectivity index (χ1) is 10.5. The highest BCUT2D eigenvalue weighted by molar-refractivity contribution is 5.93. The molecule has 0 bridgehead atoms. The number of amides is 1. The Labute approximate surface area is 134 Å². The Balaban J connectivity index is 2.82. The molecule has 0 spiro atoms. The number of nitrogens with two attached hydrogens (primary N) is 1. The van der Waals surface area contributed by atoms with E-state index in [-0.39, 0.29) is 17.9 Å². The Kier molecular flexibility index (Phi) is 7.96. The van der Waals surface area contributed by atoms with Gasteiger partial charge in [-0.3, -0.25) is 4.79 Å². The van der Waals surface area contributed by atoms with E-state index < -0.39 is 0 Å². The molecule has 1 amide bonds. The van der Waals surface area contributed by atoms with Crippen LogP contribution in [0.15, 0.2) is 18.2 Å². The van der Waals surface area contributed by atoms with Gasteiger partial charge < -0.3 is 15.8 Å². The predicted molar refractivity (Wildman–Crippen MR) is 92.3 cm³/mol. The van der Waals surface area contributed by atoms with Crippen molar-refractivity contribution in [3.63, 3.8) is 0 Å². The Morgan fingerprint density at radius 3 is 2.64 bits per heavy atom. The molecule has 1 aromatic rings. The van der Waals surface area contributed by atoms with E-state index in [4.69, 9.17) is 10.5 Å². The Hall–Kier alpha value is -1.55. The maximum absolute atomic E-state index is 11.9. The van der Waals surface area contributed by atoms with Crippen LogP contribution in [0.5, 0.6) is 5.75 Å². The summed E-state index contributed by atoms with van der Waals surface area (Å²) in [5.74, 6) is 0.654. The molecule has 4 nitrogen and oxygen atoms in total. The molecule has 0 aliphatic heterocycles. The smallest absolute Gasteiger partial charge is 0.227 e. The number of carbonyl (C=O) groups excluding carboxylic acids is 1. The van der Waals surface area contributed by atoms with Crippen molar-refractivity contribution < 1.29 is 9.53 Å². The fourth-order valence-corrected chi connectivity index (χ4v) is 2.22. The van der Waals surface area contributed by atoms with Crippen LogP contribution >= 0.6 is 0 Å². The topological polar surface area (TPSA) is 64.3 Å². The van der Waals surface area contributed by atoms with Gasteiger partial charge in [0.1, 0.15) is 5.75 Å². The number of ether oxygens (including phenoxy) is 1. The van der Waals surface area contributed by atoms with Gasteiger partial charge >= 0.3 is 0 Å². The highest BCUT2D eigenvalue weighted by Crippen LogP contribution is 2.27. The van der Waals surface area contributed by atoms with Gasteiger partial charge in [0, 0.05) is 12.0 Å². The first kappa shape index (κ1) is 18.5. The van der Waals surface area contributed by atoms with Gasteiger partial charge in [0.05, 0.1) is 12.3 Å². The van der Waals surface area contributed by atoms with E-state index in [1.54, 1.807) is 0 Å². The molecular weight excluding hydrogens is 276 g/mol. The van der Waals surface area contributed by atoms with Crippen LogP contribution in [0.1, 0.15) is 52.5 Å². The number of benzene rings is 1. The van der Waals surface area contributed by atoms with Crippen molar-refractivity contribution in [2.45, 2.75) is 59.4 Å². The number of unbranched alkanes of at least 4 members (excludes halogenated alkanes) is 1. The van der Waals surface area contributed by atoms with Gasteiger partial charge in [-0.1, -0.05) is 39.7 Å². The molecule has 4 heteroatoms. The van der Waals surface area contributed by atoms with Crippen LogP contribution < -0.4 is 15.8 Å². The van der Waals surface area contributed by atoms with E-state index in [2.05, 4.69) is 12.2 Å². The molecule has 1 unspecified atom stereocenters. The maximum atomic E-state index is 11.9. The summed E-state index contributed by atoms with van der Waals surface area (Å²) in [6.45, 7) is 8.42. The third-order valence-corrected chi connectivity index (χ3v) is 3.55. The number of carbonyl (C=O) groups is 1. The van der Waals surface area contributed by atoms with Crippen LogP contribution in [-0.4, -0.2) is 18.6 Å². The molecule has 22 heavy (non-hydrogen) atoms. The molecule has 0 fully saturated rings. The lowest BCUT2D eigenvalue weighted by Gasteiger charge is -2.16. The summed E-state index contributed by atoms with van der Waals surface area (Å²) >= 11 is 0. The summed E-state index contributed by atoms with van der Waals surface area (Å²) in [6.07, 6.45) is 4.19. The molecule has 0 aliphatic rings. The van der Waals surface area contributed by atoms with Crippen LogP contribution in [0.4, 0.5) is 5.69 Å². The van der Waals surface area contributed by atoms with Crippen LogP contribution in [0.25, 0.3) is 0 Å².